The first kappa shape index (κ1) is 20.7. The lowest BCUT2D eigenvalue weighted by Gasteiger charge is -2.35. The maximum absolute atomic E-state index is 12.0. The lowest BCUT2D eigenvalue weighted by molar-refractivity contribution is 0.197. The van der Waals surface area contributed by atoms with E-state index in [4.69, 9.17) is 5.73 Å². The van der Waals surface area contributed by atoms with Crippen LogP contribution in [0.4, 0.5) is 11.4 Å². The molecule has 4 rings (SSSR count). The molecule has 0 saturated carbocycles. The zero-order valence-electron chi connectivity index (χ0n) is 17.0. The number of hydrogen-bond acceptors (Lipinski definition) is 5. The van der Waals surface area contributed by atoms with Crippen molar-refractivity contribution in [3.8, 4) is 0 Å². The first-order valence-corrected chi connectivity index (χ1v) is 12.6. The summed E-state index contributed by atoms with van der Waals surface area (Å²) in [7, 11) is 0. The van der Waals surface area contributed by atoms with Crippen LogP contribution in [0.15, 0.2) is 69.4 Å². The summed E-state index contributed by atoms with van der Waals surface area (Å²) < 4.78 is 12.0. The highest BCUT2D eigenvalue weighted by Crippen LogP contribution is 2.48. The molecule has 2 aromatic rings. The van der Waals surface area contributed by atoms with E-state index in [1.165, 1.54) is 21.2 Å². The van der Waals surface area contributed by atoms with Crippen LogP contribution in [0.1, 0.15) is 19.3 Å². The van der Waals surface area contributed by atoms with Crippen molar-refractivity contribution in [3.05, 3.63) is 54.7 Å². The SMILES string of the molecule is C=C(N)C1CCN(CCCN2c3ccccc3Sc3ccc([S+](C)[O-])cc32)CC1. The summed E-state index contributed by atoms with van der Waals surface area (Å²) in [5.41, 5.74) is 9.16. The van der Waals surface area contributed by atoms with Gasteiger partial charge in [-0.15, -0.1) is 0 Å². The van der Waals surface area contributed by atoms with Gasteiger partial charge in [0.05, 0.1) is 11.4 Å². The molecule has 2 N–H and O–H groups in total. The van der Waals surface area contributed by atoms with E-state index in [0.29, 0.717) is 5.92 Å². The minimum atomic E-state index is -0.978. The average molecular weight is 428 g/mol. The van der Waals surface area contributed by atoms with Gasteiger partial charge >= 0.3 is 0 Å². The predicted molar refractivity (Wildman–Crippen MR) is 123 cm³/mol. The van der Waals surface area contributed by atoms with Crippen LogP contribution in [0.2, 0.25) is 0 Å². The number of fused-ring (bicyclic) bond motifs is 2. The van der Waals surface area contributed by atoms with Crippen molar-refractivity contribution in [2.24, 2.45) is 11.7 Å². The van der Waals surface area contributed by atoms with E-state index in [0.717, 1.165) is 56.0 Å². The average Bonchev–Trinajstić information content (AvgIpc) is 2.73. The molecule has 0 bridgehead atoms. The van der Waals surface area contributed by atoms with E-state index in [-0.39, 0.29) is 0 Å². The minimum Gasteiger partial charge on any atom is -0.612 e. The van der Waals surface area contributed by atoms with Gasteiger partial charge in [-0.05, 0) is 74.3 Å². The van der Waals surface area contributed by atoms with Gasteiger partial charge < -0.3 is 20.1 Å². The number of para-hydroxylation sites is 1. The Labute approximate surface area is 181 Å². The first-order chi connectivity index (χ1) is 14.0. The van der Waals surface area contributed by atoms with Crippen molar-refractivity contribution in [2.45, 2.75) is 33.9 Å². The third kappa shape index (κ3) is 4.61. The zero-order valence-corrected chi connectivity index (χ0v) is 18.6. The lowest BCUT2D eigenvalue weighted by atomic mass is 9.94. The van der Waals surface area contributed by atoms with Gasteiger partial charge in [-0.3, -0.25) is 0 Å². The summed E-state index contributed by atoms with van der Waals surface area (Å²) in [6, 6.07) is 14.8. The van der Waals surface area contributed by atoms with Crippen molar-refractivity contribution in [1.29, 1.82) is 0 Å². The van der Waals surface area contributed by atoms with Crippen molar-refractivity contribution >= 4 is 34.3 Å². The zero-order chi connectivity index (χ0) is 20.4. The Kier molecular flexibility index (Phi) is 6.44. The maximum atomic E-state index is 12.0. The summed E-state index contributed by atoms with van der Waals surface area (Å²) in [6.07, 6.45) is 5.07. The normalized spacial score (nSPS) is 18.2. The number of nitrogens with two attached hydrogens (primary N) is 1. The third-order valence-corrected chi connectivity index (χ3v) is 7.95. The molecule has 1 fully saturated rings. The van der Waals surface area contributed by atoms with E-state index in [1.54, 1.807) is 18.0 Å². The highest BCUT2D eigenvalue weighted by Gasteiger charge is 2.25. The molecule has 4 nitrogen and oxygen atoms in total. The Hall–Kier alpha value is -1.60. The number of likely N-dealkylation sites (tertiary alicyclic amines) is 1. The van der Waals surface area contributed by atoms with Crippen LogP contribution in [0, 0.1) is 5.92 Å². The molecule has 6 heteroatoms. The van der Waals surface area contributed by atoms with Crippen molar-refractivity contribution in [3.63, 3.8) is 0 Å². The molecule has 2 aliphatic rings. The van der Waals surface area contributed by atoms with Crippen LogP contribution in [-0.4, -0.2) is 41.9 Å². The molecule has 0 aromatic heterocycles. The monoisotopic (exact) mass is 427 g/mol. The molecule has 1 unspecified atom stereocenters. The van der Waals surface area contributed by atoms with Gasteiger partial charge in [0.25, 0.3) is 0 Å². The highest BCUT2D eigenvalue weighted by atomic mass is 32.2. The smallest absolute Gasteiger partial charge is 0.154 e. The fourth-order valence-corrected chi connectivity index (χ4v) is 5.82. The summed E-state index contributed by atoms with van der Waals surface area (Å²) in [5.74, 6) is 0.484. The molecule has 0 aliphatic carbocycles. The number of hydrogen-bond donors (Lipinski definition) is 1. The molecule has 2 aromatic carbocycles. The fourth-order valence-electron chi connectivity index (χ4n) is 4.21. The second kappa shape index (κ2) is 9.04. The second-order valence-electron chi connectivity index (χ2n) is 7.85. The Bertz CT molecular complexity index is 878. The van der Waals surface area contributed by atoms with Gasteiger partial charge in [-0.2, -0.15) is 0 Å². The Morgan fingerprint density at radius 3 is 2.59 bits per heavy atom. The topological polar surface area (TPSA) is 55.6 Å². The number of nitrogens with zero attached hydrogens (tertiary/aromatic N) is 2. The van der Waals surface area contributed by atoms with Gasteiger partial charge in [0.15, 0.2) is 4.90 Å². The molecular formula is C23H29N3OS2. The van der Waals surface area contributed by atoms with Gasteiger partial charge in [-0.25, -0.2) is 0 Å². The van der Waals surface area contributed by atoms with Crippen molar-refractivity contribution in [2.75, 3.05) is 37.3 Å². The van der Waals surface area contributed by atoms with Crippen LogP contribution in [0.25, 0.3) is 0 Å². The minimum absolute atomic E-state index is 0.484. The number of benzene rings is 2. The Morgan fingerprint density at radius 2 is 1.86 bits per heavy atom. The van der Waals surface area contributed by atoms with E-state index in [9.17, 15) is 4.55 Å². The summed E-state index contributed by atoms with van der Waals surface area (Å²) in [4.78, 5) is 8.36. The fraction of sp³-hybridized carbons (Fsp3) is 0.391. The van der Waals surface area contributed by atoms with E-state index in [2.05, 4.69) is 52.8 Å². The summed E-state index contributed by atoms with van der Waals surface area (Å²) >= 11 is 0.822. The first-order valence-electron chi connectivity index (χ1n) is 10.2. The van der Waals surface area contributed by atoms with Gasteiger partial charge in [0, 0.05) is 34.0 Å². The Morgan fingerprint density at radius 1 is 1.14 bits per heavy atom. The number of anilines is 2. The molecular weight excluding hydrogens is 398 g/mol. The molecule has 1 atom stereocenters. The second-order valence-corrected chi connectivity index (χ2v) is 10.3. The van der Waals surface area contributed by atoms with E-state index in [1.807, 2.05) is 6.07 Å². The van der Waals surface area contributed by atoms with E-state index >= 15 is 0 Å². The molecule has 1 saturated heterocycles. The largest absolute Gasteiger partial charge is 0.612 e. The van der Waals surface area contributed by atoms with Crippen LogP contribution >= 0.6 is 11.8 Å². The van der Waals surface area contributed by atoms with Crippen molar-refractivity contribution in [1.82, 2.24) is 4.90 Å². The standard InChI is InChI=1S/C23H29N3OS2/c1-17(24)18-10-14-25(15-11-18)12-5-13-26-20-6-3-4-7-22(20)28-23-9-8-19(29(2)27)16-21(23)26/h3-4,6-9,16,18H,1,5,10-15,24H2,2H3. The summed E-state index contributed by atoms with van der Waals surface area (Å²) in [6.45, 7) is 8.16. The molecule has 154 valence electrons. The summed E-state index contributed by atoms with van der Waals surface area (Å²) in [5, 5.41) is 0. The number of allylic oxidation sites excluding steroid dienone is 1. The van der Waals surface area contributed by atoms with Crippen LogP contribution in [0.3, 0.4) is 0 Å². The molecule has 0 amide bonds. The maximum Gasteiger partial charge on any atom is 0.154 e. The van der Waals surface area contributed by atoms with Crippen LogP contribution in [0.5, 0.6) is 0 Å². The number of piperidine rings is 1. The van der Waals surface area contributed by atoms with E-state index < -0.39 is 11.2 Å². The van der Waals surface area contributed by atoms with Gasteiger partial charge in [0.1, 0.15) is 6.26 Å². The quantitative estimate of drug-likeness (QED) is 0.683. The van der Waals surface area contributed by atoms with Crippen molar-refractivity contribution < 1.29 is 4.55 Å². The Balaban J connectivity index is 1.47. The predicted octanol–water partition coefficient (Wildman–Crippen LogP) is 4.60. The van der Waals surface area contributed by atoms with Gasteiger partial charge in [0.2, 0.25) is 0 Å². The molecule has 0 spiro atoms. The molecule has 29 heavy (non-hydrogen) atoms. The van der Waals surface area contributed by atoms with Gasteiger partial charge in [-0.1, -0.05) is 30.5 Å². The van der Waals surface area contributed by atoms with Crippen LogP contribution < -0.4 is 10.6 Å². The lowest BCUT2D eigenvalue weighted by Crippen LogP contribution is -2.37. The molecule has 2 aliphatic heterocycles. The van der Waals surface area contributed by atoms with Crippen LogP contribution in [-0.2, 0) is 11.2 Å². The highest BCUT2D eigenvalue weighted by molar-refractivity contribution is 7.99. The number of rotatable bonds is 6. The molecule has 0 radical (unpaired) electrons. The third-order valence-electron chi connectivity index (χ3n) is 5.90. The molecule has 2 heterocycles.